The van der Waals surface area contributed by atoms with E-state index in [0.717, 1.165) is 23.3 Å². The first-order valence-electron chi connectivity index (χ1n) is 11.9. The quantitative estimate of drug-likeness (QED) is 0.294. The number of rotatable bonds is 5. The fourth-order valence-electron chi connectivity index (χ4n) is 4.13. The molecule has 2 aromatic rings. The van der Waals surface area contributed by atoms with Crippen LogP contribution in [0.2, 0.25) is 10.2 Å². The van der Waals surface area contributed by atoms with Crippen molar-refractivity contribution in [3.8, 4) is 0 Å². The fourth-order valence-corrected chi connectivity index (χ4v) is 4.90. The van der Waals surface area contributed by atoms with E-state index < -0.39 is 50.9 Å². The average molecular weight is 616 g/mol. The second-order valence-corrected chi connectivity index (χ2v) is 12.1. The molecule has 2 aliphatic rings. The highest BCUT2D eigenvalue weighted by Crippen LogP contribution is 2.31. The number of ether oxygens (including phenoxy) is 1. The van der Waals surface area contributed by atoms with E-state index >= 15 is 0 Å². The van der Waals surface area contributed by atoms with E-state index in [1.54, 1.807) is 20.8 Å². The number of hydrogen-bond acceptors (Lipinski definition) is 7. The third-order valence-electron chi connectivity index (χ3n) is 6.34. The van der Waals surface area contributed by atoms with Crippen LogP contribution >= 0.6 is 23.2 Å². The van der Waals surface area contributed by atoms with Gasteiger partial charge >= 0.3 is 6.09 Å². The molecular formula is C25H25Cl2F2N5O5S. The number of halogens is 4. The van der Waals surface area contributed by atoms with Gasteiger partial charge in [-0.2, -0.15) is 4.39 Å². The van der Waals surface area contributed by atoms with E-state index in [2.05, 4.69) is 10.3 Å². The van der Waals surface area contributed by atoms with Crippen LogP contribution in [0.3, 0.4) is 0 Å². The Bertz CT molecular complexity index is 1420. The van der Waals surface area contributed by atoms with Crippen LogP contribution in [0.15, 0.2) is 34.2 Å². The zero-order chi connectivity index (χ0) is 29.5. The highest BCUT2D eigenvalue weighted by molar-refractivity contribution is 7.89. The van der Waals surface area contributed by atoms with Gasteiger partial charge in [-0.1, -0.05) is 44.0 Å². The van der Waals surface area contributed by atoms with Crippen LogP contribution in [0.1, 0.15) is 36.8 Å². The maximum absolute atomic E-state index is 14.5. The topological polar surface area (TPSA) is 141 Å². The van der Waals surface area contributed by atoms with Gasteiger partial charge in [0.1, 0.15) is 17.5 Å². The lowest BCUT2D eigenvalue weighted by molar-refractivity contribution is -0.123. The molecule has 0 fully saturated rings. The van der Waals surface area contributed by atoms with E-state index in [-0.39, 0.29) is 60.3 Å². The van der Waals surface area contributed by atoms with E-state index in [4.69, 9.17) is 33.1 Å². The van der Waals surface area contributed by atoms with Crippen molar-refractivity contribution in [1.29, 1.82) is 0 Å². The summed E-state index contributed by atoms with van der Waals surface area (Å²) in [5.41, 5.74) is 0.801. The number of anilines is 1. The molecule has 0 bridgehead atoms. The third kappa shape index (κ3) is 6.18. The van der Waals surface area contributed by atoms with Gasteiger partial charge in [-0.25, -0.2) is 14.2 Å². The minimum atomic E-state index is -2.24. The van der Waals surface area contributed by atoms with Gasteiger partial charge in [0.2, 0.25) is 16.6 Å². The molecule has 3 heterocycles. The summed E-state index contributed by atoms with van der Waals surface area (Å²) in [4.78, 5) is 44.5. The van der Waals surface area contributed by atoms with E-state index in [0.29, 0.717) is 0 Å². The van der Waals surface area contributed by atoms with Crippen LogP contribution in [0, 0.1) is 17.0 Å². The van der Waals surface area contributed by atoms with Gasteiger partial charge < -0.3 is 24.4 Å². The number of pyridine rings is 1. The van der Waals surface area contributed by atoms with E-state index in [1.165, 1.54) is 15.9 Å². The van der Waals surface area contributed by atoms with Crippen molar-refractivity contribution in [3.05, 3.63) is 62.4 Å². The summed E-state index contributed by atoms with van der Waals surface area (Å²) in [7, 11) is 0. The highest BCUT2D eigenvalue weighted by Gasteiger charge is 2.36. The average Bonchev–Trinajstić information content (AvgIpc) is 3.45. The molecule has 1 atom stereocenters. The molecular weight excluding hydrogens is 591 g/mol. The van der Waals surface area contributed by atoms with Crippen molar-refractivity contribution in [2.24, 2.45) is 10.6 Å². The molecule has 3 N–H and O–H groups in total. The molecule has 3 amide bonds. The van der Waals surface area contributed by atoms with Gasteiger partial charge in [0.05, 0.1) is 27.6 Å². The molecule has 2 aliphatic heterocycles. The summed E-state index contributed by atoms with van der Waals surface area (Å²) in [5, 5.41) is 7.95. The first-order chi connectivity index (χ1) is 18.7. The molecule has 0 aliphatic carbocycles. The van der Waals surface area contributed by atoms with Gasteiger partial charge in [-0.3, -0.25) is 9.59 Å². The van der Waals surface area contributed by atoms with Crippen LogP contribution in [0.25, 0.3) is 0 Å². The minimum absolute atomic E-state index is 0.0182. The Kier molecular flexibility index (Phi) is 8.62. The van der Waals surface area contributed by atoms with Crippen molar-refractivity contribution in [2.45, 2.75) is 32.3 Å². The predicted molar refractivity (Wildman–Crippen MR) is 144 cm³/mol. The summed E-state index contributed by atoms with van der Waals surface area (Å²) < 4.78 is 45.4. The number of benzene rings is 1. The Balaban J connectivity index is 1.36. The van der Waals surface area contributed by atoms with Gasteiger partial charge in [0.15, 0.2) is 5.82 Å². The predicted octanol–water partition coefficient (Wildman–Crippen LogP) is 4.04. The molecule has 0 radical (unpaired) electrons. The smallest absolute Gasteiger partial charge is 0.410 e. The number of aromatic nitrogens is 1. The summed E-state index contributed by atoms with van der Waals surface area (Å²) in [5.74, 6) is -3.90. The first kappa shape index (κ1) is 30.0. The first-order valence-corrected chi connectivity index (χ1v) is 13.9. The van der Waals surface area contributed by atoms with Crippen molar-refractivity contribution in [2.75, 3.05) is 31.5 Å². The van der Waals surface area contributed by atoms with Crippen LogP contribution in [0.4, 0.5) is 19.3 Å². The zero-order valence-electron chi connectivity index (χ0n) is 21.6. The van der Waals surface area contributed by atoms with Crippen molar-refractivity contribution in [3.63, 3.8) is 0 Å². The largest absolute Gasteiger partial charge is 0.593 e. The van der Waals surface area contributed by atoms with Gasteiger partial charge in [-0.05, 0) is 29.3 Å². The van der Waals surface area contributed by atoms with Crippen LogP contribution in [0.5, 0.6) is 0 Å². The number of nitrogens with one attached hydrogen (secondary N) is 1. The molecule has 1 aromatic heterocycles. The van der Waals surface area contributed by atoms with Crippen LogP contribution in [-0.2, 0) is 27.5 Å². The highest BCUT2D eigenvalue weighted by atomic mass is 35.5. The van der Waals surface area contributed by atoms with E-state index in [1.807, 2.05) is 0 Å². The molecule has 10 nitrogen and oxygen atoms in total. The van der Waals surface area contributed by atoms with E-state index in [9.17, 15) is 27.7 Å². The SMILES string of the molecule is CC(C)(C)C(=O)Nc1cc(Cl)c(Cl)nc1COC(=O)N1CC2=C(C1)CN(C(=O)c1ccc([S+](N)[O-])c(F)c1F)C2. The lowest BCUT2D eigenvalue weighted by atomic mass is 9.95. The lowest BCUT2D eigenvalue weighted by Crippen LogP contribution is -2.37. The number of carbonyl (C=O) groups is 3. The molecule has 0 spiro atoms. The monoisotopic (exact) mass is 615 g/mol. The van der Waals surface area contributed by atoms with Crippen molar-refractivity contribution < 1.29 is 32.5 Å². The summed E-state index contributed by atoms with van der Waals surface area (Å²) in [6, 6.07) is 3.49. The molecule has 1 unspecified atom stereocenters. The minimum Gasteiger partial charge on any atom is -0.593 e. The summed E-state index contributed by atoms with van der Waals surface area (Å²) in [6.07, 6.45) is -0.660. The Morgan fingerprint density at radius 3 is 2.27 bits per heavy atom. The fraction of sp³-hybridized carbons (Fsp3) is 0.360. The van der Waals surface area contributed by atoms with Gasteiger partial charge in [0.25, 0.3) is 5.91 Å². The molecule has 0 saturated heterocycles. The molecule has 4 rings (SSSR count). The molecule has 40 heavy (non-hydrogen) atoms. The Hall–Kier alpha value is -2.97. The Labute approximate surface area is 241 Å². The second kappa shape index (κ2) is 11.5. The van der Waals surface area contributed by atoms with Crippen LogP contribution in [-0.4, -0.2) is 63.4 Å². The maximum Gasteiger partial charge on any atom is 0.410 e. The van der Waals surface area contributed by atoms with Crippen molar-refractivity contribution in [1.82, 2.24) is 14.8 Å². The Morgan fingerprint density at radius 2 is 1.70 bits per heavy atom. The van der Waals surface area contributed by atoms with Gasteiger partial charge in [-0.15, -0.1) is 5.14 Å². The number of hydrogen-bond donors (Lipinski definition) is 2. The standard InChI is InChI=1S/C25H25Cl2F2N5O5S/c1-25(2,3)23(36)32-16-6-15(26)21(27)31-17(16)11-39-24(37)34-9-12-7-33(8-13(12)10-34)22(35)14-4-5-18(40(30)38)20(29)19(14)28/h4-6H,7-11,30H2,1-3H3,(H,32,36). The molecule has 0 saturated carbocycles. The number of nitrogens with two attached hydrogens (primary N) is 1. The molecule has 15 heteroatoms. The van der Waals surface area contributed by atoms with Crippen LogP contribution < -0.4 is 10.5 Å². The normalized spacial score (nSPS) is 15.8. The molecule has 1 aromatic carbocycles. The summed E-state index contributed by atoms with van der Waals surface area (Å²) in [6.45, 7) is 5.46. The van der Waals surface area contributed by atoms with Gasteiger partial charge in [0, 0.05) is 31.6 Å². The maximum atomic E-state index is 14.5. The lowest BCUT2D eigenvalue weighted by Gasteiger charge is -2.23. The van der Waals surface area contributed by atoms with Crippen molar-refractivity contribution >= 4 is 58.2 Å². The number of amides is 3. The zero-order valence-corrected chi connectivity index (χ0v) is 24.0. The number of nitrogens with zero attached hydrogens (tertiary/aromatic N) is 3. The molecule has 214 valence electrons. The second-order valence-electron chi connectivity index (χ2n) is 10.3. The summed E-state index contributed by atoms with van der Waals surface area (Å²) >= 11 is 9.85. The third-order valence-corrected chi connectivity index (χ3v) is 7.76. The number of carbonyl (C=O) groups excluding carboxylic acids is 3. The Morgan fingerprint density at radius 1 is 1.10 bits per heavy atom.